The monoisotopic (exact) mass is 278 g/mol. The van der Waals surface area contributed by atoms with Gasteiger partial charge in [-0.3, -0.25) is 4.79 Å². The van der Waals surface area contributed by atoms with Gasteiger partial charge < -0.3 is 21.3 Å². The number of urea groups is 1. The quantitative estimate of drug-likeness (QED) is 0.525. The summed E-state index contributed by atoms with van der Waals surface area (Å²) in [6, 6.07) is 7.33. The van der Waals surface area contributed by atoms with Gasteiger partial charge in [-0.1, -0.05) is 12.1 Å². The largest absolute Gasteiger partial charge is 0.399 e. The molecule has 1 aromatic rings. The van der Waals surface area contributed by atoms with E-state index in [-0.39, 0.29) is 11.9 Å². The lowest BCUT2D eigenvalue weighted by Gasteiger charge is -2.12. The van der Waals surface area contributed by atoms with Crippen LogP contribution in [0.5, 0.6) is 0 Å². The number of aryl methyl sites for hydroxylation is 1. The van der Waals surface area contributed by atoms with Crippen molar-refractivity contribution in [2.45, 2.75) is 12.8 Å². The van der Waals surface area contributed by atoms with Gasteiger partial charge >= 0.3 is 6.03 Å². The molecule has 1 aromatic carbocycles. The second-order valence-corrected chi connectivity index (χ2v) is 4.72. The fraction of sp³-hybridized carbons (Fsp3) is 0.429. The van der Waals surface area contributed by atoms with Crippen molar-refractivity contribution in [1.82, 2.24) is 15.5 Å². The van der Waals surface area contributed by atoms with E-state index in [4.69, 9.17) is 5.73 Å². The van der Waals surface area contributed by atoms with Gasteiger partial charge in [-0.25, -0.2) is 4.79 Å². The number of benzene rings is 1. The lowest BCUT2D eigenvalue weighted by atomic mass is 10.1. The molecule has 0 saturated carbocycles. The zero-order chi connectivity index (χ0) is 15.0. The second kappa shape index (κ2) is 8.04. The fourth-order valence-electron chi connectivity index (χ4n) is 1.62. The minimum Gasteiger partial charge on any atom is -0.399 e. The molecule has 6 nitrogen and oxygen atoms in total. The number of amides is 3. The molecular weight excluding hydrogens is 256 g/mol. The summed E-state index contributed by atoms with van der Waals surface area (Å²) in [5.74, 6) is -0.0356. The first kappa shape index (κ1) is 15.8. The number of nitrogens with zero attached hydrogens (tertiary/aromatic N) is 1. The van der Waals surface area contributed by atoms with E-state index in [1.807, 2.05) is 24.3 Å². The highest BCUT2D eigenvalue weighted by atomic mass is 16.2. The summed E-state index contributed by atoms with van der Waals surface area (Å²) in [5.41, 5.74) is 7.42. The molecule has 0 bridgehead atoms. The molecule has 0 aromatic heterocycles. The molecule has 20 heavy (non-hydrogen) atoms. The van der Waals surface area contributed by atoms with Crippen molar-refractivity contribution >= 4 is 17.6 Å². The molecule has 0 heterocycles. The first-order valence-corrected chi connectivity index (χ1v) is 6.55. The highest BCUT2D eigenvalue weighted by Crippen LogP contribution is 2.08. The zero-order valence-electron chi connectivity index (χ0n) is 12.0. The minimum absolute atomic E-state index is 0.0356. The van der Waals surface area contributed by atoms with Gasteiger partial charge in [-0.15, -0.1) is 0 Å². The molecule has 0 aliphatic rings. The Balaban J connectivity index is 2.16. The number of rotatable bonds is 6. The van der Waals surface area contributed by atoms with Crippen LogP contribution in [0.15, 0.2) is 24.3 Å². The van der Waals surface area contributed by atoms with E-state index >= 15 is 0 Å². The van der Waals surface area contributed by atoms with E-state index in [2.05, 4.69) is 10.6 Å². The van der Waals surface area contributed by atoms with Crippen molar-refractivity contribution in [3.63, 3.8) is 0 Å². The summed E-state index contributed by atoms with van der Waals surface area (Å²) in [4.78, 5) is 24.3. The van der Waals surface area contributed by atoms with Crippen LogP contribution in [0.1, 0.15) is 12.0 Å². The molecule has 1 rings (SSSR count). The Kier molecular flexibility index (Phi) is 6.36. The first-order chi connectivity index (χ1) is 9.49. The van der Waals surface area contributed by atoms with Crippen LogP contribution in [0.25, 0.3) is 0 Å². The Bertz CT molecular complexity index is 460. The predicted molar refractivity (Wildman–Crippen MR) is 79.3 cm³/mol. The van der Waals surface area contributed by atoms with Crippen LogP contribution in [0, 0.1) is 0 Å². The molecule has 0 spiro atoms. The molecule has 0 aliphatic heterocycles. The molecule has 0 radical (unpaired) electrons. The van der Waals surface area contributed by atoms with Gasteiger partial charge in [0.15, 0.2) is 0 Å². The number of nitrogens with one attached hydrogen (secondary N) is 2. The smallest absolute Gasteiger partial charge is 0.316 e. The lowest BCUT2D eigenvalue weighted by Crippen LogP contribution is -2.39. The Labute approximate surface area is 119 Å². The zero-order valence-corrected chi connectivity index (χ0v) is 12.0. The molecule has 3 amide bonds. The van der Waals surface area contributed by atoms with Crippen LogP contribution in [0.3, 0.4) is 0 Å². The maximum atomic E-state index is 11.6. The number of nitrogens with two attached hydrogens (primary N) is 1. The van der Waals surface area contributed by atoms with Gasteiger partial charge in [0.05, 0.1) is 0 Å². The summed E-state index contributed by atoms with van der Waals surface area (Å²) < 4.78 is 0. The number of carbonyl (C=O) groups excluding carboxylic acids is 2. The average Bonchev–Trinajstić information content (AvgIpc) is 2.41. The Morgan fingerprint density at radius 3 is 2.55 bits per heavy atom. The van der Waals surface area contributed by atoms with Crippen LogP contribution in [0.4, 0.5) is 10.5 Å². The predicted octanol–water partition coefficient (Wildman–Crippen LogP) is 0.589. The van der Waals surface area contributed by atoms with E-state index in [1.165, 1.54) is 4.90 Å². The molecule has 6 heteroatoms. The van der Waals surface area contributed by atoms with Gasteiger partial charge in [0.1, 0.15) is 0 Å². The summed E-state index contributed by atoms with van der Waals surface area (Å²) >= 11 is 0. The summed E-state index contributed by atoms with van der Waals surface area (Å²) in [5, 5.41) is 5.43. The van der Waals surface area contributed by atoms with E-state index in [9.17, 15) is 9.59 Å². The van der Waals surface area contributed by atoms with Crippen molar-refractivity contribution in [2.75, 3.05) is 32.9 Å². The van der Waals surface area contributed by atoms with E-state index in [0.717, 1.165) is 5.56 Å². The molecule has 0 aliphatic carbocycles. The fourth-order valence-corrected chi connectivity index (χ4v) is 1.62. The van der Waals surface area contributed by atoms with E-state index in [0.29, 0.717) is 31.6 Å². The molecule has 0 fully saturated rings. The first-order valence-electron chi connectivity index (χ1n) is 6.55. The second-order valence-electron chi connectivity index (χ2n) is 4.72. The third-order valence-electron chi connectivity index (χ3n) is 2.72. The highest BCUT2D eigenvalue weighted by molar-refractivity contribution is 5.76. The van der Waals surface area contributed by atoms with Gasteiger partial charge in [0.25, 0.3) is 0 Å². The molecular formula is C14H22N4O2. The number of nitrogen functional groups attached to an aromatic ring is 1. The van der Waals surface area contributed by atoms with E-state index < -0.39 is 0 Å². The molecule has 0 atom stereocenters. The van der Waals surface area contributed by atoms with Crippen molar-refractivity contribution in [2.24, 2.45) is 0 Å². The van der Waals surface area contributed by atoms with Crippen LogP contribution in [-0.2, 0) is 11.2 Å². The third-order valence-corrected chi connectivity index (χ3v) is 2.72. The van der Waals surface area contributed by atoms with Gasteiger partial charge in [0.2, 0.25) is 5.91 Å². The summed E-state index contributed by atoms with van der Waals surface area (Å²) in [6.45, 7) is 0.844. The van der Waals surface area contributed by atoms with Crippen LogP contribution >= 0.6 is 0 Å². The maximum absolute atomic E-state index is 11.6. The maximum Gasteiger partial charge on any atom is 0.316 e. The van der Waals surface area contributed by atoms with Gasteiger partial charge in [-0.05, 0) is 24.1 Å². The Hall–Kier alpha value is -2.24. The molecule has 4 N–H and O–H groups in total. The Morgan fingerprint density at radius 2 is 1.90 bits per heavy atom. The third kappa shape index (κ3) is 6.08. The van der Waals surface area contributed by atoms with Crippen molar-refractivity contribution < 1.29 is 9.59 Å². The number of anilines is 1. The number of hydrogen-bond donors (Lipinski definition) is 3. The molecule has 0 saturated heterocycles. The van der Waals surface area contributed by atoms with Gasteiger partial charge in [0, 0.05) is 39.3 Å². The van der Waals surface area contributed by atoms with Crippen molar-refractivity contribution in [3.8, 4) is 0 Å². The summed E-state index contributed by atoms with van der Waals surface area (Å²) in [6.07, 6.45) is 1.06. The van der Waals surface area contributed by atoms with Gasteiger partial charge in [-0.2, -0.15) is 0 Å². The average molecular weight is 278 g/mol. The molecule has 0 unspecified atom stereocenters. The van der Waals surface area contributed by atoms with Crippen LogP contribution in [-0.4, -0.2) is 44.0 Å². The van der Waals surface area contributed by atoms with Crippen LogP contribution in [0.2, 0.25) is 0 Å². The molecule has 110 valence electrons. The van der Waals surface area contributed by atoms with Crippen LogP contribution < -0.4 is 16.4 Å². The van der Waals surface area contributed by atoms with Crippen molar-refractivity contribution in [3.05, 3.63) is 29.8 Å². The number of hydrogen-bond acceptors (Lipinski definition) is 3. The lowest BCUT2D eigenvalue weighted by molar-refractivity contribution is -0.121. The normalized spacial score (nSPS) is 9.90. The standard InChI is InChI=1S/C14H22N4O2/c1-18(2)14(20)17-9-8-16-13(19)7-6-11-4-3-5-12(15)10-11/h3-5,10H,6-9,15H2,1-2H3,(H,16,19)(H,17,20). The Morgan fingerprint density at radius 1 is 1.20 bits per heavy atom. The highest BCUT2D eigenvalue weighted by Gasteiger charge is 2.04. The summed E-state index contributed by atoms with van der Waals surface area (Å²) in [7, 11) is 3.33. The number of carbonyl (C=O) groups is 2. The SMILES string of the molecule is CN(C)C(=O)NCCNC(=O)CCc1cccc(N)c1. The van der Waals surface area contributed by atoms with Crippen molar-refractivity contribution in [1.29, 1.82) is 0 Å². The van der Waals surface area contributed by atoms with E-state index in [1.54, 1.807) is 14.1 Å². The minimum atomic E-state index is -0.168. The topological polar surface area (TPSA) is 87.5 Å².